The van der Waals surface area contributed by atoms with Gasteiger partial charge in [0, 0.05) is 0 Å². The van der Waals surface area contributed by atoms with Gasteiger partial charge in [-0.25, -0.2) is 0 Å². The van der Waals surface area contributed by atoms with Crippen molar-refractivity contribution in [1.29, 1.82) is 0 Å². The predicted octanol–water partition coefficient (Wildman–Crippen LogP) is 15.2. The Labute approximate surface area is 350 Å². The average Bonchev–Trinajstić information content (AvgIpc) is 3.20. The van der Waals surface area contributed by atoms with Crippen LogP contribution in [0, 0.1) is 0 Å². The summed E-state index contributed by atoms with van der Waals surface area (Å²) in [6.07, 6.45) is 56.6. The number of aliphatic hydroxyl groups is 3. The maximum Gasteiger partial charge on any atom is 0.249 e. The Kier molecular flexibility index (Phi) is 46.0. The molecule has 5 heteroatoms. The van der Waals surface area contributed by atoms with Crippen LogP contribution >= 0.6 is 0 Å². The maximum atomic E-state index is 12.5. The fourth-order valence-electron chi connectivity index (χ4n) is 8.13. The lowest BCUT2D eigenvalue weighted by molar-refractivity contribution is -0.131. The number of carbonyl (C=O) groups excluding carboxylic acids is 1. The lowest BCUT2D eigenvalue weighted by Gasteiger charge is -2.23. The standard InChI is InChI=1S/C51H101NO4/c1-3-5-7-9-11-13-15-17-19-21-23-24-25-26-28-29-31-33-35-37-39-41-43-45-49(54)48(47-53)52-51(56)50(55)46-44-42-40-38-36-34-32-30-27-22-20-18-16-14-12-10-8-6-4-2/h27,30,48-50,53-55H,3-26,28-29,31-47H2,1-2H3,(H,52,56)/b30-27-. The molecule has 0 radical (unpaired) electrons. The number of hydrogen-bond acceptors (Lipinski definition) is 4. The molecule has 0 rings (SSSR count). The fraction of sp³-hybridized carbons (Fsp3) is 0.941. The number of rotatable bonds is 47. The zero-order valence-corrected chi connectivity index (χ0v) is 38.0. The molecule has 0 aromatic carbocycles. The van der Waals surface area contributed by atoms with Crippen LogP contribution in [0.25, 0.3) is 0 Å². The van der Waals surface area contributed by atoms with Gasteiger partial charge in [0.25, 0.3) is 0 Å². The van der Waals surface area contributed by atoms with E-state index in [4.69, 9.17) is 0 Å². The SMILES string of the molecule is CCCCCCCCCCC/C=C\CCCCCCCCC(O)C(=O)NC(CO)C(O)CCCCCCCCCCCCCCCCCCCCCCCCC. The summed E-state index contributed by atoms with van der Waals surface area (Å²) in [5.41, 5.74) is 0. The first-order valence-electron chi connectivity index (χ1n) is 25.5. The van der Waals surface area contributed by atoms with Gasteiger partial charge in [0.15, 0.2) is 0 Å². The van der Waals surface area contributed by atoms with Gasteiger partial charge >= 0.3 is 0 Å². The second-order valence-corrected chi connectivity index (χ2v) is 17.7. The number of nitrogens with one attached hydrogen (secondary N) is 1. The molecule has 0 fully saturated rings. The summed E-state index contributed by atoms with van der Waals surface area (Å²) in [6.45, 7) is 4.26. The number of aliphatic hydroxyl groups excluding tert-OH is 3. The Balaban J connectivity index is 3.56. The Morgan fingerprint density at radius 2 is 0.679 bits per heavy atom. The Morgan fingerprint density at radius 3 is 0.982 bits per heavy atom. The molecule has 334 valence electrons. The summed E-state index contributed by atoms with van der Waals surface area (Å²) in [5, 5.41) is 33.5. The van der Waals surface area contributed by atoms with Crippen molar-refractivity contribution in [2.24, 2.45) is 0 Å². The van der Waals surface area contributed by atoms with E-state index in [0.29, 0.717) is 12.8 Å². The molecule has 3 atom stereocenters. The number of carbonyl (C=O) groups is 1. The summed E-state index contributed by atoms with van der Waals surface area (Å²) < 4.78 is 0. The third-order valence-corrected chi connectivity index (χ3v) is 12.1. The van der Waals surface area contributed by atoms with E-state index < -0.39 is 24.2 Å². The van der Waals surface area contributed by atoms with Gasteiger partial charge in [0.05, 0.1) is 18.8 Å². The van der Waals surface area contributed by atoms with Gasteiger partial charge in [0.1, 0.15) is 6.10 Å². The molecule has 0 saturated heterocycles. The third-order valence-electron chi connectivity index (χ3n) is 12.1. The lowest BCUT2D eigenvalue weighted by atomic mass is 10.0. The predicted molar refractivity (Wildman–Crippen MR) is 245 cm³/mol. The quantitative estimate of drug-likeness (QED) is 0.0365. The Hall–Kier alpha value is -0.910. The van der Waals surface area contributed by atoms with E-state index in [-0.39, 0.29) is 6.61 Å². The third kappa shape index (κ3) is 41.3. The molecule has 0 aliphatic heterocycles. The topological polar surface area (TPSA) is 89.8 Å². The second-order valence-electron chi connectivity index (χ2n) is 17.7. The van der Waals surface area contributed by atoms with Gasteiger partial charge in [-0.05, 0) is 38.5 Å². The van der Waals surface area contributed by atoms with Crippen LogP contribution in [0.3, 0.4) is 0 Å². The molecule has 1 amide bonds. The molecular formula is C51H101NO4. The molecule has 3 unspecified atom stereocenters. The summed E-state index contributed by atoms with van der Waals surface area (Å²) in [7, 11) is 0. The van der Waals surface area contributed by atoms with E-state index in [0.717, 1.165) is 32.1 Å². The summed E-state index contributed by atoms with van der Waals surface area (Å²) >= 11 is 0. The van der Waals surface area contributed by atoms with Crippen molar-refractivity contribution in [2.75, 3.05) is 6.61 Å². The van der Waals surface area contributed by atoms with Gasteiger partial charge < -0.3 is 20.6 Å². The van der Waals surface area contributed by atoms with Gasteiger partial charge in [-0.1, -0.05) is 257 Å². The zero-order valence-electron chi connectivity index (χ0n) is 38.0. The zero-order chi connectivity index (χ0) is 40.8. The Bertz CT molecular complexity index is 788. The van der Waals surface area contributed by atoms with E-state index in [9.17, 15) is 20.1 Å². The highest BCUT2D eigenvalue weighted by atomic mass is 16.3. The molecule has 0 saturated carbocycles. The van der Waals surface area contributed by atoms with Crippen LogP contribution < -0.4 is 5.32 Å². The van der Waals surface area contributed by atoms with Crippen molar-refractivity contribution in [2.45, 2.75) is 302 Å². The van der Waals surface area contributed by atoms with E-state index in [2.05, 4.69) is 31.3 Å². The van der Waals surface area contributed by atoms with Crippen LogP contribution in [-0.2, 0) is 4.79 Å². The molecule has 0 bridgehead atoms. The van der Waals surface area contributed by atoms with Crippen LogP contribution in [0.4, 0.5) is 0 Å². The summed E-state index contributed by atoms with van der Waals surface area (Å²) in [4.78, 5) is 12.5. The molecule has 5 nitrogen and oxygen atoms in total. The minimum atomic E-state index is -1.08. The Morgan fingerprint density at radius 1 is 0.411 bits per heavy atom. The first-order valence-corrected chi connectivity index (χ1v) is 25.5. The fourth-order valence-corrected chi connectivity index (χ4v) is 8.13. The summed E-state index contributed by atoms with van der Waals surface area (Å²) in [5.74, 6) is -0.471. The number of unbranched alkanes of at least 4 members (excludes halogenated alkanes) is 37. The lowest BCUT2D eigenvalue weighted by Crippen LogP contribution is -2.49. The van der Waals surface area contributed by atoms with Crippen molar-refractivity contribution in [1.82, 2.24) is 5.32 Å². The second kappa shape index (κ2) is 46.8. The van der Waals surface area contributed by atoms with E-state index >= 15 is 0 Å². The van der Waals surface area contributed by atoms with Crippen molar-refractivity contribution in [3.63, 3.8) is 0 Å². The van der Waals surface area contributed by atoms with Gasteiger partial charge in [-0.15, -0.1) is 0 Å². The highest BCUT2D eigenvalue weighted by molar-refractivity contribution is 5.80. The van der Waals surface area contributed by atoms with Gasteiger partial charge in [0.2, 0.25) is 5.91 Å². The molecular weight excluding hydrogens is 691 g/mol. The molecule has 0 aliphatic carbocycles. The van der Waals surface area contributed by atoms with E-state index in [1.54, 1.807) is 0 Å². The minimum absolute atomic E-state index is 0.312. The van der Waals surface area contributed by atoms with E-state index in [1.165, 1.54) is 225 Å². The minimum Gasteiger partial charge on any atom is -0.394 e. The number of amides is 1. The van der Waals surface area contributed by atoms with Gasteiger partial charge in [-0.2, -0.15) is 0 Å². The van der Waals surface area contributed by atoms with Crippen molar-refractivity contribution in [3.05, 3.63) is 12.2 Å². The van der Waals surface area contributed by atoms with Crippen LogP contribution in [0.15, 0.2) is 12.2 Å². The smallest absolute Gasteiger partial charge is 0.249 e. The first kappa shape index (κ1) is 55.1. The van der Waals surface area contributed by atoms with Crippen LogP contribution in [0.5, 0.6) is 0 Å². The molecule has 0 spiro atoms. The van der Waals surface area contributed by atoms with Crippen LogP contribution in [0.2, 0.25) is 0 Å². The van der Waals surface area contributed by atoms with Crippen molar-refractivity contribution >= 4 is 5.91 Å². The average molecular weight is 792 g/mol. The van der Waals surface area contributed by atoms with Crippen LogP contribution in [-0.4, -0.2) is 46.1 Å². The first-order chi connectivity index (χ1) is 27.6. The molecule has 0 aromatic rings. The van der Waals surface area contributed by atoms with Crippen molar-refractivity contribution in [3.8, 4) is 0 Å². The number of hydrogen-bond donors (Lipinski definition) is 4. The van der Waals surface area contributed by atoms with Crippen molar-refractivity contribution < 1.29 is 20.1 Å². The molecule has 56 heavy (non-hydrogen) atoms. The highest BCUT2D eigenvalue weighted by Gasteiger charge is 2.23. The summed E-state index contributed by atoms with van der Waals surface area (Å²) in [6, 6.07) is -0.712. The van der Waals surface area contributed by atoms with E-state index in [1.807, 2.05) is 0 Å². The monoisotopic (exact) mass is 792 g/mol. The largest absolute Gasteiger partial charge is 0.394 e. The maximum absolute atomic E-state index is 12.5. The normalized spacial score (nSPS) is 13.4. The molecule has 0 heterocycles. The number of allylic oxidation sites excluding steroid dienone is 2. The molecule has 0 aromatic heterocycles. The van der Waals surface area contributed by atoms with Crippen LogP contribution in [0.1, 0.15) is 284 Å². The molecule has 4 N–H and O–H groups in total. The molecule has 0 aliphatic rings. The van der Waals surface area contributed by atoms with Gasteiger partial charge in [-0.3, -0.25) is 4.79 Å². The highest BCUT2D eigenvalue weighted by Crippen LogP contribution is 2.17.